The summed E-state index contributed by atoms with van der Waals surface area (Å²) in [4.78, 5) is 23.0. The van der Waals surface area contributed by atoms with Gasteiger partial charge in [0.15, 0.2) is 0 Å². The lowest BCUT2D eigenvalue weighted by atomic mass is 10.1. The lowest BCUT2D eigenvalue weighted by molar-refractivity contribution is -0.139. The molecule has 0 aromatic heterocycles. The molecule has 1 amide bonds. The van der Waals surface area contributed by atoms with E-state index in [2.05, 4.69) is 5.32 Å². The highest BCUT2D eigenvalue weighted by molar-refractivity contribution is 7.90. The van der Waals surface area contributed by atoms with Crippen molar-refractivity contribution in [2.24, 2.45) is 0 Å². The zero-order valence-electron chi connectivity index (χ0n) is 11.2. The maximum Gasteiger partial charge on any atom is 0.326 e. The number of carbonyl (C=O) groups is 2. The minimum atomic E-state index is -3.32. The maximum absolute atomic E-state index is 11.9. The normalized spacial score (nSPS) is 12.2. The Labute approximate surface area is 122 Å². The highest BCUT2D eigenvalue weighted by atomic mass is 32.2. The summed E-state index contributed by atoms with van der Waals surface area (Å²) in [6.45, 7) is 0. The van der Waals surface area contributed by atoms with Gasteiger partial charge >= 0.3 is 5.97 Å². The number of amides is 1. The average molecular weight is 310 g/mol. The van der Waals surface area contributed by atoms with Gasteiger partial charge in [-0.15, -0.1) is 0 Å². The summed E-state index contributed by atoms with van der Waals surface area (Å²) >= 11 is 0. The van der Waals surface area contributed by atoms with Crippen LogP contribution in [0.15, 0.2) is 24.3 Å². The Morgan fingerprint density at radius 2 is 2.10 bits per heavy atom. The second-order valence-corrected chi connectivity index (χ2v) is 6.74. The molecule has 0 saturated heterocycles. The number of aliphatic carboxylic acids is 1. The van der Waals surface area contributed by atoms with E-state index in [9.17, 15) is 18.0 Å². The number of rotatable bonds is 6. The lowest BCUT2D eigenvalue weighted by Gasteiger charge is -2.14. The van der Waals surface area contributed by atoms with Crippen molar-refractivity contribution in [3.63, 3.8) is 0 Å². The standard InChI is InChI=1S/C13H14N2O5S/c1-21(19,20)6-5-11(13(17)18)15-12(16)10-4-2-3-9(7-10)8-14/h2-4,7,11H,5-6H2,1H3,(H,15,16)(H,17,18). The molecule has 1 unspecified atom stereocenters. The topological polar surface area (TPSA) is 124 Å². The van der Waals surface area contributed by atoms with Crippen LogP contribution in [0, 0.1) is 11.3 Å². The summed E-state index contributed by atoms with van der Waals surface area (Å²) < 4.78 is 22.1. The van der Waals surface area contributed by atoms with Crippen molar-refractivity contribution in [2.45, 2.75) is 12.5 Å². The predicted octanol–water partition coefficient (Wildman–Crippen LogP) is 0.176. The highest BCUT2D eigenvalue weighted by Crippen LogP contribution is 2.06. The molecular formula is C13H14N2O5S. The van der Waals surface area contributed by atoms with Crippen LogP contribution in [-0.2, 0) is 14.6 Å². The minimum Gasteiger partial charge on any atom is -0.480 e. The summed E-state index contributed by atoms with van der Waals surface area (Å²) in [7, 11) is -3.32. The fraction of sp³-hybridized carbons (Fsp3) is 0.308. The molecule has 0 aliphatic rings. The molecular weight excluding hydrogens is 296 g/mol. The van der Waals surface area contributed by atoms with Gasteiger partial charge in [-0.2, -0.15) is 5.26 Å². The Morgan fingerprint density at radius 1 is 1.43 bits per heavy atom. The van der Waals surface area contributed by atoms with Crippen LogP contribution in [0.5, 0.6) is 0 Å². The molecule has 112 valence electrons. The molecule has 0 bridgehead atoms. The van der Waals surface area contributed by atoms with Gasteiger partial charge in [-0.25, -0.2) is 13.2 Å². The van der Waals surface area contributed by atoms with E-state index in [1.807, 2.05) is 6.07 Å². The van der Waals surface area contributed by atoms with Crippen LogP contribution in [-0.4, -0.2) is 43.5 Å². The van der Waals surface area contributed by atoms with Gasteiger partial charge in [0.1, 0.15) is 15.9 Å². The first-order chi connectivity index (χ1) is 9.73. The lowest BCUT2D eigenvalue weighted by Crippen LogP contribution is -2.41. The van der Waals surface area contributed by atoms with Gasteiger partial charge in [0.2, 0.25) is 0 Å². The summed E-state index contributed by atoms with van der Waals surface area (Å²) in [5.74, 6) is -2.33. The van der Waals surface area contributed by atoms with Crippen molar-refractivity contribution in [1.82, 2.24) is 5.32 Å². The third-order valence-corrected chi connectivity index (χ3v) is 3.61. The van der Waals surface area contributed by atoms with Crippen molar-refractivity contribution in [2.75, 3.05) is 12.0 Å². The van der Waals surface area contributed by atoms with E-state index in [0.717, 1.165) is 6.26 Å². The van der Waals surface area contributed by atoms with E-state index in [1.165, 1.54) is 24.3 Å². The Morgan fingerprint density at radius 3 is 2.62 bits per heavy atom. The first kappa shape index (κ1) is 16.7. The van der Waals surface area contributed by atoms with Gasteiger partial charge in [0, 0.05) is 11.8 Å². The van der Waals surface area contributed by atoms with Gasteiger partial charge in [-0.05, 0) is 24.6 Å². The van der Waals surface area contributed by atoms with E-state index in [0.29, 0.717) is 0 Å². The van der Waals surface area contributed by atoms with Crippen LogP contribution in [0.1, 0.15) is 22.3 Å². The van der Waals surface area contributed by atoms with Crippen molar-refractivity contribution < 1.29 is 23.1 Å². The highest BCUT2D eigenvalue weighted by Gasteiger charge is 2.22. The van der Waals surface area contributed by atoms with E-state index < -0.39 is 27.8 Å². The molecule has 8 heteroatoms. The third-order valence-electron chi connectivity index (χ3n) is 2.63. The van der Waals surface area contributed by atoms with Gasteiger partial charge in [-0.3, -0.25) is 4.79 Å². The smallest absolute Gasteiger partial charge is 0.326 e. The summed E-state index contributed by atoms with van der Waals surface area (Å²) in [6.07, 6.45) is 0.766. The molecule has 0 spiro atoms. The van der Waals surface area contributed by atoms with Gasteiger partial charge in [0.05, 0.1) is 17.4 Å². The SMILES string of the molecule is CS(=O)(=O)CCC(NC(=O)c1cccc(C#N)c1)C(=O)O. The van der Waals surface area contributed by atoms with Crippen molar-refractivity contribution in [3.8, 4) is 6.07 Å². The predicted molar refractivity (Wildman–Crippen MR) is 74.4 cm³/mol. The fourth-order valence-electron chi connectivity index (χ4n) is 1.56. The van der Waals surface area contributed by atoms with Gasteiger partial charge < -0.3 is 10.4 Å². The van der Waals surface area contributed by atoms with Crippen LogP contribution in [0.4, 0.5) is 0 Å². The van der Waals surface area contributed by atoms with E-state index in [-0.39, 0.29) is 23.3 Å². The molecule has 2 N–H and O–H groups in total. The Kier molecular flexibility index (Phi) is 5.44. The molecule has 1 rings (SSSR count). The number of hydrogen-bond donors (Lipinski definition) is 2. The molecule has 0 aliphatic heterocycles. The minimum absolute atomic E-state index is 0.139. The van der Waals surface area contributed by atoms with Crippen LogP contribution in [0.3, 0.4) is 0 Å². The number of nitrogens with one attached hydrogen (secondary N) is 1. The van der Waals surface area contributed by atoms with Crippen LogP contribution < -0.4 is 5.32 Å². The number of benzene rings is 1. The zero-order chi connectivity index (χ0) is 16.0. The largest absolute Gasteiger partial charge is 0.480 e. The number of carboxylic acids is 1. The van der Waals surface area contributed by atoms with Crippen LogP contribution in [0.2, 0.25) is 0 Å². The molecule has 1 aromatic rings. The molecule has 21 heavy (non-hydrogen) atoms. The zero-order valence-corrected chi connectivity index (χ0v) is 12.1. The van der Waals surface area contributed by atoms with Gasteiger partial charge in [0.25, 0.3) is 5.91 Å². The van der Waals surface area contributed by atoms with E-state index >= 15 is 0 Å². The van der Waals surface area contributed by atoms with E-state index in [1.54, 1.807) is 0 Å². The quantitative estimate of drug-likeness (QED) is 0.772. The average Bonchev–Trinajstić information content (AvgIpc) is 2.41. The Hall–Kier alpha value is -2.40. The number of carboxylic acid groups (broad SMARTS) is 1. The van der Waals surface area contributed by atoms with Crippen molar-refractivity contribution in [1.29, 1.82) is 5.26 Å². The summed E-state index contributed by atoms with van der Waals surface area (Å²) in [5, 5.41) is 20.0. The van der Waals surface area contributed by atoms with Crippen LogP contribution >= 0.6 is 0 Å². The summed E-state index contributed by atoms with van der Waals surface area (Å²) in [6, 6.07) is 6.33. The molecule has 7 nitrogen and oxygen atoms in total. The molecule has 1 aromatic carbocycles. The summed E-state index contributed by atoms with van der Waals surface area (Å²) in [5.41, 5.74) is 0.408. The number of hydrogen-bond acceptors (Lipinski definition) is 5. The Bertz CT molecular complexity index is 691. The second kappa shape index (κ2) is 6.85. The molecule has 0 aliphatic carbocycles. The fourth-order valence-corrected chi connectivity index (χ4v) is 2.22. The number of carbonyl (C=O) groups excluding carboxylic acids is 1. The van der Waals surface area contributed by atoms with Crippen molar-refractivity contribution in [3.05, 3.63) is 35.4 Å². The first-order valence-corrected chi connectivity index (χ1v) is 8.00. The molecule has 0 fully saturated rings. The molecule has 1 atom stereocenters. The monoisotopic (exact) mass is 310 g/mol. The number of nitriles is 1. The number of nitrogens with zero attached hydrogens (tertiary/aromatic N) is 1. The molecule has 0 saturated carbocycles. The van der Waals surface area contributed by atoms with Gasteiger partial charge in [-0.1, -0.05) is 6.07 Å². The number of sulfone groups is 1. The second-order valence-electron chi connectivity index (χ2n) is 4.48. The van der Waals surface area contributed by atoms with Crippen molar-refractivity contribution >= 4 is 21.7 Å². The maximum atomic E-state index is 11.9. The van der Waals surface area contributed by atoms with E-state index in [4.69, 9.17) is 10.4 Å². The molecule has 0 radical (unpaired) electrons. The first-order valence-electron chi connectivity index (χ1n) is 5.94. The third kappa shape index (κ3) is 5.62. The molecule has 0 heterocycles. The Balaban J connectivity index is 2.81. The van der Waals surface area contributed by atoms with Crippen LogP contribution in [0.25, 0.3) is 0 Å².